The van der Waals surface area contributed by atoms with E-state index in [2.05, 4.69) is 30.2 Å². The van der Waals surface area contributed by atoms with E-state index in [1.54, 1.807) is 10.8 Å². The highest BCUT2D eigenvalue weighted by Crippen LogP contribution is 2.43. The normalized spacial score (nSPS) is 31.4. The molecule has 8 N–H and O–H groups in total. The SMILES string of the molecule is CC(C)[C@H]1CNC[C@]2(O)[C@H](Oc3ccc4c(c3)OC(C(N)=O)C(c3ccc(O)cc3)=C4O)O[C@H](C(=O)O)[C@@H](O)[C@@H]2OCSSC[C@@H]1C1=CCN=C1. The average molecular weight is 744 g/mol. The quantitative estimate of drug-likeness (QED) is 0.203. The first-order chi connectivity index (χ1) is 24.4. The van der Waals surface area contributed by atoms with Gasteiger partial charge < -0.3 is 55.5 Å². The molecule has 0 aromatic heterocycles. The number of aliphatic imine (C=N–C) groups is 1. The number of β-amino-alcohol motifs (C(OH)–C–C–N with tert-alkyl or cyclic N) is 1. The van der Waals surface area contributed by atoms with Crippen LogP contribution >= 0.6 is 21.6 Å². The third-order valence-electron chi connectivity index (χ3n) is 9.57. The zero-order valence-corrected chi connectivity index (χ0v) is 29.5. The Morgan fingerprint density at radius 2 is 1.90 bits per heavy atom. The zero-order valence-electron chi connectivity index (χ0n) is 27.9. The summed E-state index contributed by atoms with van der Waals surface area (Å²) in [5.41, 5.74) is 5.41. The molecule has 2 aromatic rings. The molecule has 51 heavy (non-hydrogen) atoms. The van der Waals surface area contributed by atoms with Crippen LogP contribution in [0.25, 0.3) is 11.3 Å². The molecular formula is C35H41N3O11S2. The molecule has 6 rings (SSSR count). The van der Waals surface area contributed by atoms with Crippen LogP contribution in [0.2, 0.25) is 0 Å². The highest BCUT2D eigenvalue weighted by molar-refractivity contribution is 8.76. The highest BCUT2D eigenvalue weighted by Gasteiger charge is 2.59. The third-order valence-corrected chi connectivity index (χ3v) is 11.7. The van der Waals surface area contributed by atoms with Crippen molar-refractivity contribution in [2.45, 2.75) is 50.2 Å². The number of carboxylic acids is 1. The largest absolute Gasteiger partial charge is 0.508 e. The number of aliphatic hydroxyl groups is 3. The molecule has 14 nitrogen and oxygen atoms in total. The van der Waals surface area contributed by atoms with Crippen LogP contribution in [0.15, 0.2) is 59.1 Å². The number of carbonyl (C=O) groups is 2. The summed E-state index contributed by atoms with van der Waals surface area (Å²) in [5, 5.41) is 57.9. The molecule has 0 saturated carbocycles. The van der Waals surface area contributed by atoms with Gasteiger partial charge in [-0.25, -0.2) is 4.79 Å². The summed E-state index contributed by atoms with van der Waals surface area (Å²) in [6, 6.07) is 10.1. The molecule has 2 fully saturated rings. The van der Waals surface area contributed by atoms with Gasteiger partial charge in [0, 0.05) is 24.6 Å². The Bertz CT molecular complexity index is 1720. The first-order valence-corrected chi connectivity index (χ1v) is 18.9. The molecule has 274 valence electrons. The number of nitrogens with one attached hydrogen (secondary N) is 1. The number of aliphatic hydroxyl groups excluding tert-OH is 2. The van der Waals surface area contributed by atoms with Crippen LogP contribution in [0.5, 0.6) is 17.2 Å². The van der Waals surface area contributed by atoms with Gasteiger partial charge in [-0.3, -0.25) is 9.79 Å². The zero-order chi connectivity index (χ0) is 36.4. The van der Waals surface area contributed by atoms with Gasteiger partial charge in [0.05, 0.1) is 17.7 Å². The Morgan fingerprint density at radius 1 is 1.14 bits per heavy atom. The second-order valence-corrected chi connectivity index (χ2v) is 15.6. The first-order valence-electron chi connectivity index (χ1n) is 16.4. The van der Waals surface area contributed by atoms with Crippen molar-refractivity contribution in [3.05, 3.63) is 65.2 Å². The van der Waals surface area contributed by atoms with E-state index >= 15 is 0 Å². The van der Waals surface area contributed by atoms with E-state index in [4.69, 9.17) is 24.7 Å². The molecule has 0 aliphatic carbocycles. The van der Waals surface area contributed by atoms with E-state index in [1.165, 1.54) is 53.3 Å². The number of hydrogen-bond acceptors (Lipinski definition) is 14. The molecule has 2 saturated heterocycles. The smallest absolute Gasteiger partial charge is 0.335 e. The number of ether oxygens (including phenoxy) is 4. The summed E-state index contributed by atoms with van der Waals surface area (Å²) in [6.45, 7) is 5.17. The molecule has 0 spiro atoms. The minimum atomic E-state index is -2.11. The Kier molecular flexibility index (Phi) is 11.2. The van der Waals surface area contributed by atoms with Crippen molar-refractivity contribution in [1.29, 1.82) is 0 Å². The maximum Gasteiger partial charge on any atom is 0.335 e. The number of rotatable bonds is 7. The van der Waals surface area contributed by atoms with Crippen LogP contribution in [0.3, 0.4) is 0 Å². The summed E-state index contributed by atoms with van der Waals surface area (Å²) in [4.78, 5) is 29.2. The molecule has 1 unspecified atom stereocenters. The number of carbonyl (C=O) groups excluding carboxylic acids is 1. The number of nitrogens with two attached hydrogens (primary N) is 1. The van der Waals surface area contributed by atoms with E-state index < -0.39 is 48.2 Å². The average Bonchev–Trinajstić information content (AvgIpc) is 3.62. The monoisotopic (exact) mass is 743 g/mol. The number of phenolic OH excluding ortho intramolecular Hbond substituents is 1. The van der Waals surface area contributed by atoms with Crippen molar-refractivity contribution in [2.24, 2.45) is 28.5 Å². The van der Waals surface area contributed by atoms with E-state index in [0.717, 1.165) is 11.3 Å². The van der Waals surface area contributed by atoms with Gasteiger partial charge in [0.1, 0.15) is 41.2 Å². The maximum atomic E-state index is 12.5. The van der Waals surface area contributed by atoms with E-state index in [9.17, 15) is 35.1 Å². The number of fused-ring (bicyclic) bond motifs is 2. The Balaban J connectivity index is 1.32. The van der Waals surface area contributed by atoms with E-state index in [-0.39, 0.29) is 64.4 Å². The number of primary amides is 1. The molecule has 4 heterocycles. The van der Waals surface area contributed by atoms with E-state index in [0.29, 0.717) is 18.7 Å². The molecule has 4 aliphatic heterocycles. The van der Waals surface area contributed by atoms with Gasteiger partial charge in [0.15, 0.2) is 11.7 Å². The lowest BCUT2D eigenvalue weighted by molar-refractivity contribution is -0.316. The summed E-state index contributed by atoms with van der Waals surface area (Å²) in [6.07, 6.45) is -4.05. The van der Waals surface area contributed by atoms with Gasteiger partial charge in [0.25, 0.3) is 5.91 Å². The number of aromatic hydroxyl groups is 1. The third kappa shape index (κ3) is 7.58. The summed E-state index contributed by atoms with van der Waals surface area (Å²) in [7, 11) is 2.97. The second kappa shape index (κ2) is 15.5. The maximum absolute atomic E-state index is 12.5. The topological polar surface area (TPSA) is 223 Å². The van der Waals surface area contributed by atoms with Crippen molar-refractivity contribution < 1.29 is 54.1 Å². The lowest BCUT2D eigenvalue weighted by Gasteiger charge is -2.48. The number of nitrogens with zero attached hydrogens (tertiary/aromatic N) is 1. The summed E-state index contributed by atoms with van der Waals surface area (Å²) in [5.74, 6) is -1.27. The summed E-state index contributed by atoms with van der Waals surface area (Å²) < 4.78 is 23.9. The predicted molar refractivity (Wildman–Crippen MR) is 191 cm³/mol. The molecule has 1 amide bonds. The molecule has 16 heteroatoms. The van der Waals surface area contributed by atoms with Crippen LogP contribution in [0.4, 0.5) is 0 Å². The van der Waals surface area contributed by atoms with Gasteiger partial charge in [0.2, 0.25) is 12.4 Å². The van der Waals surface area contributed by atoms with Gasteiger partial charge in [-0.15, -0.1) is 0 Å². The lowest BCUT2D eigenvalue weighted by Crippen LogP contribution is -2.72. The van der Waals surface area contributed by atoms with E-state index in [1.807, 2.05) is 6.21 Å². The Hall–Kier alpha value is -3.77. The highest BCUT2D eigenvalue weighted by atomic mass is 33.1. The number of carboxylic acid groups (broad SMARTS) is 1. The molecule has 8 atom stereocenters. The summed E-state index contributed by atoms with van der Waals surface area (Å²) >= 11 is 0. The van der Waals surface area contributed by atoms with Crippen LogP contribution in [-0.4, -0.2) is 111 Å². The second-order valence-electron chi connectivity index (χ2n) is 13.1. The minimum absolute atomic E-state index is 0.0136. The van der Waals surface area contributed by atoms with Gasteiger partial charge in [-0.2, -0.15) is 0 Å². The lowest BCUT2D eigenvalue weighted by atomic mass is 9.79. The van der Waals surface area contributed by atoms with Crippen molar-refractivity contribution >= 4 is 51.0 Å². The van der Waals surface area contributed by atoms with Crippen LogP contribution in [0, 0.1) is 17.8 Å². The van der Waals surface area contributed by atoms with Crippen molar-refractivity contribution in [2.75, 3.05) is 31.3 Å². The molecule has 4 aliphatic rings. The number of aliphatic carboxylic acids is 1. The number of hydrogen-bond donors (Lipinski definition) is 7. The fourth-order valence-electron chi connectivity index (χ4n) is 6.88. The number of amides is 1. The van der Waals surface area contributed by atoms with Crippen LogP contribution in [-0.2, 0) is 19.1 Å². The number of phenols is 1. The Labute approximate surface area is 302 Å². The van der Waals surface area contributed by atoms with Crippen LogP contribution < -0.4 is 20.5 Å². The van der Waals surface area contributed by atoms with Crippen molar-refractivity contribution in [1.82, 2.24) is 5.32 Å². The number of benzene rings is 2. The molecule has 0 bridgehead atoms. The van der Waals surface area contributed by atoms with Gasteiger partial charge in [-0.1, -0.05) is 53.6 Å². The Morgan fingerprint density at radius 3 is 2.57 bits per heavy atom. The molecular weight excluding hydrogens is 703 g/mol. The minimum Gasteiger partial charge on any atom is -0.508 e. The standard InChI is InChI=1S/C35H41N3O11S2/c1-17(2)23-13-38-15-35(45)31(46-16-51-50-14-24(23)19-9-10-37-12-19)28(41)30(33(43)44)49-34(35)47-21-7-8-22-25(11-21)48-29(32(36)42)26(27(22)40)18-3-5-20(39)6-4-18/h3-9,11-12,17,23-24,28-31,34,38-41,45H,10,13-16H2,1-2H3,(H2,36,42)(H,43,44)/t23-,24-,28-,29?,30+,31+,34-,35-/m1/s1. The van der Waals surface area contributed by atoms with Crippen molar-refractivity contribution in [3.63, 3.8) is 0 Å². The van der Waals surface area contributed by atoms with Crippen LogP contribution in [0.1, 0.15) is 25.0 Å². The number of allylic oxidation sites excluding steroid dienone is 1. The van der Waals surface area contributed by atoms with Gasteiger partial charge in [-0.05, 0) is 59.7 Å². The first kappa shape index (κ1) is 37.0. The molecule has 2 aromatic carbocycles. The fourth-order valence-corrected chi connectivity index (χ4v) is 8.93. The molecule has 0 radical (unpaired) electrons. The van der Waals surface area contributed by atoms with Gasteiger partial charge >= 0.3 is 5.97 Å². The van der Waals surface area contributed by atoms with Crippen molar-refractivity contribution in [3.8, 4) is 17.2 Å². The fraction of sp³-hybridized carbons (Fsp3) is 0.457. The predicted octanol–water partition coefficient (Wildman–Crippen LogP) is 2.57.